The molecule has 0 spiro atoms. The standard InChI is InChI=1S/C11H13F/c1-8-4-3-5-10-9(8)6-7-11(10,2)12/h3-5H,6-7H2,1-2H3. The molecular formula is C11H13F. The summed E-state index contributed by atoms with van der Waals surface area (Å²) in [7, 11) is 0. The van der Waals surface area contributed by atoms with E-state index in [0.29, 0.717) is 6.42 Å². The zero-order chi connectivity index (χ0) is 8.77. The van der Waals surface area contributed by atoms with Gasteiger partial charge in [-0.15, -0.1) is 0 Å². The van der Waals surface area contributed by atoms with Crippen molar-refractivity contribution in [2.24, 2.45) is 0 Å². The summed E-state index contributed by atoms with van der Waals surface area (Å²) in [5.74, 6) is 0. The van der Waals surface area contributed by atoms with Crippen molar-refractivity contribution < 1.29 is 4.39 Å². The molecule has 12 heavy (non-hydrogen) atoms. The molecule has 0 fully saturated rings. The quantitative estimate of drug-likeness (QED) is 0.552. The second-order valence-electron chi connectivity index (χ2n) is 3.80. The van der Waals surface area contributed by atoms with Crippen molar-refractivity contribution in [1.82, 2.24) is 0 Å². The molecule has 1 aromatic rings. The number of alkyl halides is 1. The van der Waals surface area contributed by atoms with Gasteiger partial charge in [0.05, 0.1) is 0 Å². The molecule has 1 aliphatic rings. The molecule has 0 aromatic heterocycles. The number of rotatable bonds is 0. The number of aryl methyl sites for hydroxylation is 1. The van der Waals surface area contributed by atoms with Crippen LogP contribution >= 0.6 is 0 Å². The van der Waals surface area contributed by atoms with Crippen LogP contribution in [0.1, 0.15) is 30.0 Å². The first kappa shape index (κ1) is 7.78. The van der Waals surface area contributed by atoms with E-state index in [0.717, 1.165) is 12.0 Å². The number of halogens is 1. The monoisotopic (exact) mass is 164 g/mol. The Morgan fingerprint density at radius 2 is 2.17 bits per heavy atom. The van der Waals surface area contributed by atoms with Crippen molar-refractivity contribution in [3.05, 3.63) is 34.9 Å². The van der Waals surface area contributed by atoms with Crippen LogP contribution < -0.4 is 0 Å². The van der Waals surface area contributed by atoms with Gasteiger partial charge in [-0.05, 0) is 43.4 Å². The lowest BCUT2D eigenvalue weighted by molar-refractivity contribution is 0.194. The third kappa shape index (κ3) is 0.961. The molecule has 0 heterocycles. The van der Waals surface area contributed by atoms with Crippen LogP contribution in [-0.4, -0.2) is 0 Å². The number of hydrogen-bond acceptors (Lipinski definition) is 0. The smallest absolute Gasteiger partial charge is 0.133 e. The first-order chi connectivity index (χ1) is 5.61. The lowest BCUT2D eigenvalue weighted by Crippen LogP contribution is -2.09. The summed E-state index contributed by atoms with van der Waals surface area (Å²) in [6.45, 7) is 3.73. The van der Waals surface area contributed by atoms with Crippen LogP contribution in [-0.2, 0) is 12.1 Å². The van der Waals surface area contributed by atoms with E-state index in [1.807, 2.05) is 12.1 Å². The molecule has 0 nitrogen and oxygen atoms in total. The van der Waals surface area contributed by atoms with Crippen molar-refractivity contribution in [3.63, 3.8) is 0 Å². The van der Waals surface area contributed by atoms with Crippen LogP contribution in [0.15, 0.2) is 18.2 Å². The minimum absolute atomic E-state index is 0.646. The van der Waals surface area contributed by atoms with Crippen LogP contribution in [0.4, 0.5) is 4.39 Å². The van der Waals surface area contributed by atoms with Gasteiger partial charge in [-0.25, -0.2) is 4.39 Å². The summed E-state index contributed by atoms with van der Waals surface area (Å²) in [5, 5.41) is 0. The molecule has 0 radical (unpaired) electrons. The molecule has 0 saturated carbocycles. The van der Waals surface area contributed by atoms with Crippen molar-refractivity contribution in [3.8, 4) is 0 Å². The van der Waals surface area contributed by atoms with Crippen LogP contribution in [0.2, 0.25) is 0 Å². The molecule has 1 aromatic carbocycles. The molecule has 1 aliphatic carbocycles. The lowest BCUT2D eigenvalue weighted by atomic mass is 9.98. The topological polar surface area (TPSA) is 0 Å². The number of benzene rings is 1. The van der Waals surface area contributed by atoms with Gasteiger partial charge in [0.25, 0.3) is 0 Å². The fraction of sp³-hybridized carbons (Fsp3) is 0.455. The first-order valence-corrected chi connectivity index (χ1v) is 4.39. The van der Waals surface area contributed by atoms with Crippen LogP contribution in [0.3, 0.4) is 0 Å². The van der Waals surface area contributed by atoms with Gasteiger partial charge in [0, 0.05) is 0 Å². The predicted molar refractivity (Wildman–Crippen MR) is 48.0 cm³/mol. The Bertz CT molecular complexity index is 313. The second-order valence-corrected chi connectivity index (χ2v) is 3.80. The van der Waals surface area contributed by atoms with Crippen LogP contribution in [0.25, 0.3) is 0 Å². The van der Waals surface area contributed by atoms with Crippen molar-refractivity contribution in [2.75, 3.05) is 0 Å². The summed E-state index contributed by atoms with van der Waals surface area (Å²) in [5.41, 5.74) is 2.28. The Balaban J connectivity index is 2.61. The van der Waals surface area contributed by atoms with Crippen LogP contribution in [0, 0.1) is 6.92 Å². The SMILES string of the molecule is Cc1cccc2c1CCC2(C)F. The number of fused-ring (bicyclic) bond motifs is 1. The van der Waals surface area contributed by atoms with Gasteiger partial charge in [-0.1, -0.05) is 18.2 Å². The van der Waals surface area contributed by atoms with Gasteiger partial charge in [-0.2, -0.15) is 0 Å². The van der Waals surface area contributed by atoms with E-state index < -0.39 is 5.67 Å². The maximum absolute atomic E-state index is 13.8. The molecule has 0 amide bonds. The minimum Gasteiger partial charge on any atom is -0.239 e. The zero-order valence-corrected chi connectivity index (χ0v) is 7.52. The third-order valence-electron chi connectivity index (χ3n) is 2.82. The van der Waals surface area contributed by atoms with E-state index in [2.05, 4.69) is 13.0 Å². The average molecular weight is 164 g/mol. The largest absolute Gasteiger partial charge is 0.239 e. The van der Waals surface area contributed by atoms with Gasteiger partial charge in [0.1, 0.15) is 5.67 Å². The fourth-order valence-corrected chi connectivity index (χ4v) is 2.02. The molecule has 64 valence electrons. The summed E-state index contributed by atoms with van der Waals surface area (Å²) < 4.78 is 13.8. The van der Waals surface area contributed by atoms with E-state index in [1.165, 1.54) is 11.1 Å². The van der Waals surface area contributed by atoms with E-state index in [1.54, 1.807) is 6.92 Å². The summed E-state index contributed by atoms with van der Waals surface area (Å²) in [6.07, 6.45) is 1.54. The molecular weight excluding hydrogens is 151 g/mol. The molecule has 0 N–H and O–H groups in total. The normalized spacial score (nSPS) is 27.2. The van der Waals surface area contributed by atoms with Crippen molar-refractivity contribution in [1.29, 1.82) is 0 Å². The highest BCUT2D eigenvalue weighted by Gasteiger charge is 2.34. The summed E-state index contributed by atoms with van der Waals surface area (Å²) in [6, 6.07) is 5.91. The molecule has 1 heteroatoms. The Kier molecular flexibility index (Phi) is 1.50. The maximum atomic E-state index is 13.8. The Morgan fingerprint density at radius 3 is 2.83 bits per heavy atom. The molecule has 0 bridgehead atoms. The molecule has 0 saturated heterocycles. The highest BCUT2D eigenvalue weighted by molar-refractivity contribution is 5.41. The van der Waals surface area contributed by atoms with Gasteiger partial charge in [-0.3, -0.25) is 0 Å². The van der Waals surface area contributed by atoms with Crippen molar-refractivity contribution in [2.45, 2.75) is 32.4 Å². The van der Waals surface area contributed by atoms with E-state index in [9.17, 15) is 4.39 Å². The molecule has 0 aliphatic heterocycles. The predicted octanol–water partition coefficient (Wildman–Crippen LogP) is 3.13. The minimum atomic E-state index is -1.08. The Labute approximate surface area is 72.4 Å². The van der Waals surface area contributed by atoms with Crippen molar-refractivity contribution >= 4 is 0 Å². The number of hydrogen-bond donors (Lipinski definition) is 0. The highest BCUT2D eigenvalue weighted by atomic mass is 19.1. The Morgan fingerprint density at radius 1 is 1.42 bits per heavy atom. The van der Waals surface area contributed by atoms with Crippen LogP contribution in [0.5, 0.6) is 0 Å². The van der Waals surface area contributed by atoms with Gasteiger partial charge >= 0.3 is 0 Å². The second kappa shape index (κ2) is 2.32. The molecule has 1 unspecified atom stereocenters. The first-order valence-electron chi connectivity index (χ1n) is 4.39. The van der Waals surface area contributed by atoms with E-state index >= 15 is 0 Å². The average Bonchev–Trinajstić information content (AvgIpc) is 2.30. The summed E-state index contributed by atoms with van der Waals surface area (Å²) in [4.78, 5) is 0. The van der Waals surface area contributed by atoms with E-state index in [4.69, 9.17) is 0 Å². The lowest BCUT2D eigenvalue weighted by Gasteiger charge is -2.14. The van der Waals surface area contributed by atoms with Gasteiger partial charge in [0.15, 0.2) is 0 Å². The third-order valence-corrected chi connectivity index (χ3v) is 2.82. The molecule has 1 atom stereocenters. The van der Waals surface area contributed by atoms with Gasteiger partial charge < -0.3 is 0 Å². The molecule has 2 rings (SSSR count). The fourth-order valence-electron chi connectivity index (χ4n) is 2.02. The zero-order valence-electron chi connectivity index (χ0n) is 7.52. The maximum Gasteiger partial charge on any atom is 0.133 e. The Hall–Kier alpha value is -0.850. The van der Waals surface area contributed by atoms with Gasteiger partial charge in [0.2, 0.25) is 0 Å². The highest BCUT2D eigenvalue weighted by Crippen LogP contribution is 2.40. The van der Waals surface area contributed by atoms with E-state index in [-0.39, 0.29) is 0 Å². The summed E-state index contributed by atoms with van der Waals surface area (Å²) >= 11 is 0.